The third-order valence-electron chi connectivity index (χ3n) is 3.66. The van der Waals surface area contributed by atoms with Crippen LogP contribution in [0.2, 0.25) is 0 Å². The molecule has 1 aliphatic rings. The molecule has 0 radical (unpaired) electrons. The van der Waals surface area contributed by atoms with Crippen LogP contribution in [0.3, 0.4) is 0 Å². The van der Waals surface area contributed by atoms with Crippen molar-refractivity contribution in [2.45, 2.75) is 18.9 Å². The Morgan fingerprint density at radius 2 is 2.14 bits per heavy atom. The van der Waals surface area contributed by atoms with Crippen LogP contribution in [-0.2, 0) is 11.8 Å². The van der Waals surface area contributed by atoms with Crippen LogP contribution in [0, 0.1) is 10.1 Å². The SMILES string of the molecule is Cn1c(C(=O)N2CCC(OCCCl)CC2)ccc1[N+](=O)[O-]. The Bertz CT molecular complexity index is 523. The molecular weight excluding hydrogens is 298 g/mol. The van der Waals surface area contributed by atoms with Gasteiger partial charge in [0.1, 0.15) is 0 Å². The normalized spacial score (nSPS) is 16.2. The number of hydrogen-bond donors (Lipinski definition) is 0. The fourth-order valence-corrected chi connectivity index (χ4v) is 2.59. The van der Waals surface area contributed by atoms with Gasteiger partial charge >= 0.3 is 5.82 Å². The van der Waals surface area contributed by atoms with E-state index in [0.29, 0.717) is 31.3 Å². The number of aromatic nitrogens is 1. The molecule has 2 heterocycles. The number of nitro groups is 1. The summed E-state index contributed by atoms with van der Waals surface area (Å²) in [5, 5.41) is 10.8. The van der Waals surface area contributed by atoms with E-state index in [4.69, 9.17) is 16.3 Å². The molecule has 8 heteroatoms. The highest BCUT2D eigenvalue weighted by Crippen LogP contribution is 2.20. The standard InChI is InChI=1S/C13H18ClN3O4/c1-15-11(2-3-12(15)17(19)20)13(18)16-7-4-10(5-8-16)21-9-6-14/h2-3,10H,4-9H2,1H3. The van der Waals surface area contributed by atoms with Crippen LogP contribution in [0.15, 0.2) is 12.1 Å². The molecule has 1 saturated heterocycles. The quantitative estimate of drug-likeness (QED) is 0.471. The highest BCUT2D eigenvalue weighted by atomic mass is 35.5. The molecule has 0 aromatic carbocycles. The first-order valence-electron chi connectivity index (χ1n) is 6.81. The lowest BCUT2D eigenvalue weighted by Crippen LogP contribution is -2.41. The molecule has 0 N–H and O–H groups in total. The first-order valence-corrected chi connectivity index (χ1v) is 7.35. The van der Waals surface area contributed by atoms with Crippen LogP contribution in [0.5, 0.6) is 0 Å². The van der Waals surface area contributed by atoms with Crippen LogP contribution < -0.4 is 0 Å². The van der Waals surface area contributed by atoms with Crippen molar-refractivity contribution in [1.82, 2.24) is 9.47 Å². The summed E-state index contributed by atoms with van der Waals surface area (Å²) < 4.78 is 6.88. The average Bonchev–Trinajstić information content (AvgIpc) is 2.87. The zero-order valence-corrected chi connectivity index (χ0v) is 12.6. The first-order chi connectivity index (χ1) is 10.0. The van der Waals surface area contributed by atoms with Gasteiger partial charge in [0.15, 0.2) is 5.69 Å². The van der Waals surface area contributed by atoms with Gasteiger partial charge in [-0.1, -0.05) is 0 Å². The molecule has 1 fully saturated rings. The Balaban J connectivity index is 1.97. The molecule has 1 amide bonds. The van der Waals surface area contributed by atoms with E-state index in [1.807, 2.05) is 0 Å². The Kier molecular flexibility index (Phi) is 5.19. The summed E-state index contributed by atoms with van der Waals surface area (Å²) in [5.41, 5.74) is 0.335. The molecule has 0 spiro atoms. The molecular formula is C13H18ClN3O4. The van der Waals surface area contributed by atoms with E-state index >= 15 is 0 Å². The summed E-state index contributed by atoms with van der Waals surface area (Å²) >= 11 is 5.58. The van der Waals surface area contributed by atoms with E-state index < -0.39 is 4.92 Å². The van der Waals surface area contributed by atoms with Gasteiger partial charge in [0.2, 0.25) is 0 Å². The van der Waals surface area contributed by atoms with Gasteiger partial charge in [-0.15, -0.1) is 11.6 Å². The number of hydrogen-bond acceptors (Lipinski definition) is 4. The minimum absolute atomic E-state index is 0.0846. The van der Waals surface area contributed by atoms with E-state index in [2.05, 4.69) is 0 Å². The highest BCUT2D eigenvalue weighted by molar-refractivity contribution is 6.17. The van der Waals surface area contributed by atoms with Crippen molar-refractivity contribution in [1.29, 1.82) is 0 Å². The van der Waals surface area contributed by atoms with Crippen LogP contribution in [0.1, 0.15) is 23.3 Å². The second-order valence-corrected chi connectivity index (χ2v) is 5.32. The molecule has 0 saturated carbocycles. The van der Waals surface area contributed by atoms with Crippen LogP contribution in [0.4, 0.5) is 5.82 Å². The zero-order valence-electron chi connectivity index (χ0n) is 11.8. The van der Waals surface area contributed by atoms with Crippen molar-refractivity contribution >= 4 is 23.3 Å². The van der Waals surface area contributed by atoms with Crippen LogP contribution in [0.25, 0.3) is 0 Å². The third-order valence-corrected chi connectivity index (χ3v) is 3.82. The Morgan fingerprint density at radius 3 is 2.67 bits per heavy atom. The number of nitrogens with zero attached hydrogens (tertiary/aromatic N) is 3. The number of ether oxygens (including phenoxy) is 1. The van der Waals surface area contributed by atoms with Crippen molar-refractivity contribution in [2.75, 3.05) is 25.6 Å². The largest absolute Gasteiger partial charge is 0.377 e. The van der Waals surface area contributed by atoms with Gasteiger partial charge in [-0.25, -0.2) is 4.57 Å². The summed E-state index contributed by atoms with van der Waals surface area (Å²) in [6, 6.07) is 2.85. The number of carbonyl (C=O) groups is 1. The van der Waals surface area contributed by atoms with E-state index in [9.17, 15) is 14.9 Å². The molecule has 1 aromatic heterocycles. The van der Waals surface area contributed by atoms with Gasteiger partial charge in [-0.3, -0.25) is 4.79 Å². The molecule has 0 aliphatic carbocycles. The molecule has 2 rings (SSSR count). The number of amides is 1. The van der Waals surface area contributed by atoms with E-state index in [1.165, 1.54) is 23.7 Å². The Hall–Kier alpha value is -1.60. The zero-order chi connectivity index (χ0) is 15.4. The van der Waals surface area contributed by atoms with E-state index in [1.54, 1.807) is 4.90 Å². The second kappa shape index (κ2) is 6.91. The maximum atomic E-state index is 12.4. The smallest absolute Gasteiger partial charge is 0.323 e. The molecule has 0 atom stereocenters. The van der Waals surface area contributed by atoms with Gasteiger partial charge < -0.3 is 19.8 Å². The maximum Gasteiger partial charge on any atom is 0.323 e. The van der Waals surface area contributed by atoms with Gasteiger partial charge in [-0.05, 0) is 23.8 Å². The maximum absolute atomic E-state index is 12.4. The summed E-state index contributed by atoms with van der Waals surface area (Å²) in [7, 11) is 1.53. The minimum Gasteiger partial charge on any atom is -0.377 e. The van der Waals surface area contributed by atoms with Crippen molar-refractivity contribution in [2.24, 2.45) is 7.05 Å². The van der Waals surface area contributed by atoms with Crippen molar-refractivity contribution in [3.63, 3.8) is 0 Å². The lowest BCUT2D eigenvalue weighted by atomic mass is 10.1. The number of rotatable bonds is 5. The van der Waals surface area contributed by atoms with Crippen LogP contribution in [-0.4, -0.2) is 52.0 Å². The molecule has 21 heavy (non-hydrogen) atoms. The molecule has 1 aliphatic heterocycles. The predicted molar refractivity (Wildman–Crippen MR) is 77.7 cm³/mol. The fraction of sp³-hybridized carbons (Fsp3) is 0.615. The molecule has 116 valence electrons. The Morgan fingerprint density at radius 1 is 1.48 bits per heavy atom. The predicted octanol–water partition coefficient (Wildman–Crippen LogP) is 1.79. The van der Waals surface area contributed by atoms with Gasteiger partial charge in [0, 0.05) is 25.0 Å². The fourth-order valence-electron chi connectivity index (χ4n) is 2.50. The third kappa shape index (κ3) is 3.54. The Labute approximate surface area is 127 Å². The van der Waals surface area contributed by atoms with Crippen molar-refractivity contribution in [3.05, 3.63) is 27.9 Å². The molecule has 7 nitrogen and oxygen atoms in total. The molecule has 0 bridgehead atoms. The summed E-state index contributed by atoms with van der Waals surface area (Å²) in [5.74, 6) is 0.201. The van der Waals surface area contributed by atoms with Gasteiger partial charge in [-0.2, -0.15) is 0 Å². The lowest BCUT2D eigenvalue weighted by Gasteiger charge is -2.31. The summed E-state index contributed by atoms with van der Waals surface area (Å²) in [6.07, 6.45) is 1.65. The minimum atomic E-state index is -0.497. The number of likely N-dealkylation sites (tertiary alicyclic amines) is 1. The van der Waals surface area contributed by atoms with Gasteiger partial charge in [0.25, 0.3) is 5.91 Å². The second-order valence-electron chi connectivity index (χ2n) is 4.94. The van der Waals surface area contributed by atoms with E-state index in [0.717, 1.165) is 12.8 Å². The van der Waals surface area contributed by atoms with Crippen LogP contribution >= 0.6 is 11.6 Å². The molecule has 0 unspecified atom stereocenters. The summed E-state index contributed by atoms with van der Waals surface area (Å²) in [6.45, 7) is 1.69. The average molecular weight is 316 g/mol. The van der Waals surface area contributed by atoms with E-state index in [-0.39, 0.29) is 17.8 Å². The van der Waals surface area contributed by atoms with Crippen molar-refractivity contribution in [3.8, 4) is 0 Å². The highest BCUT2D eigenvalue weighted by Gasteiger charge is 2.28. The van der Waals surface area contributed by atoms with Crippen molar-refractivity contribution < 1.29 is 14.5 Å². The number of halogens is 1. The monoisotopic (exact) mass is 315 g/mol. The number of alkyl halides is 1. The number of piperidine rings is 1. The summed E-state index contributed by atoms with van der Waals surface area (Å²) in [4.78, 5) is 24.4. The van der Waals surface area contributed by atoms with Gasteiger partial charge in [0.05, 0.1) is 19.8 Å². The first kappa shape index (κ1) is 15.8. The topological polar surface area (TPSA) is 77.6 Å². The number of carbonyl (C=O) groups excluding carboxylic acids is 1. The lowest BCUT2D eigenvalue weighted by molar-refractivity contribution is -0.391. The molecule has 1 aromatic rings.